The van der Waals surface area contributed by atoms with Crippen LogP contribution in [-0.4, -0.2) is 35.1 Å². The quantitative estimate of drug-likeness (QED) is 0.876. The van der Waals surface area contributed by atoms with Crippen LogP contribution in [0, 0.1) is 5.92 Å². The predicted octanol–water partition coefficient (Wildman–Crippen LogP) is 1.25. The molecule has 0 aromatic carbocycles. The Bertz CT molecular complexity index is 379. The maximum atomic E-state index is 11.9. The number of hydrogen-bond acceptors (Lipinski definition) is 5. The smallest absolute Gasteiger partial charge is 0.264 e. The number of aryl methyl sites for hydroxylation is 1. The summed E-state index contributed by atoms with van der Waals surface area (Å²) >= 11 is 1.18. The Balaban J connectivity index is 0.00000162. The molecule has 102 valence electrons. The Morgan fingerprint density at radius 2 is 2.44 bits per heavy atom. The molecular weight excluding hydrogens is 272 g/mol. The molecule has 0 aliphatic carbocycles. The van der Waals surface area contributed by atoms with Crippen molar-refractivity contribution in [2.24, 2.45) is 5.92 Å². The van der Waals surface area contributed by atoms with Gasteiger partial charge in [-0.15, -0.1) is 17.5 Å². The average Bonchev–Trinajstić information content (AvgIpc) is 2.85. The Labute approximate surface area is 117 Å². The lowest BCUT2D eigenvalue weighted by Crippen LogP contribution is -2.38. The molecule has 1 atom stereocenters. The van der Waals surface area contributed by atoms with Gasteiger partial charge < -0.3 is 10.6 Å². The summed E-state index contributed by atoms with van der Waals surface area (Å²) in [6, 6.07) is 0. The maximum Gasteiger partial charge on any atom is 0.264 e. The minimum atomic E-state index is -0.0255. The maximum absolute atomic E-state index is 11.9. The van der Waals surface area contributed by atoms with E-state index in [0.29, 0.717) is 10.8 Å². The fraction of sp³-hybridized carbons (Fsp3) is 0.727. The molecule has 2 N–H and O–H groups in total. The van der Waals surface area contributed by atoms with Gasteiger partial charge in [-0.25, -0.2) is 0 Å². The van der Waals surface area contributed by atoms with Gasteiger partial charge in [0.1, 0.15) is 4.88 Å². The summed E-state index contributed by atoms with van der Waals surface area (Å²) in [4.78, 5) is 12.6. The molecule has 1 aromatic rings. The first kappa shape index (κ1) is 15.3. The van der Waals surface area contributed by atoms with Gasteiger partial charge in [0.15, 0.2) is 0 Å². The summed E-state index contributed by atoms with van der Waals surface area (Å²) in [7, 11) is 0. The normalized spacial score (nSPS) is 19.1. The van der Waals surface area contributed by atoms with Crippen LogP contribution in [0.2, 0.25) is 0 Å². The second-order valence-corrected chi connectivity index (χ2v) is 5.08. The molecule has 1 aliphatic rings. The van der Waals surface area contributed by atoms with Crippen LogP contribution in [0.4, 0.5) is 0 Å². The lowest BCUT2D eigenvalue weighted by Gasteiger charge is -2.22. The number of nitrogens with one attached hydrogen (secondary N) is 2. The van der Waals surface area contributed by atoms with E-state index < -0.39 is 0 Å². The zero-order valence-corrected chi connectivity index (χ0v) is 12.1. The predicted molar refractivity (Wildman–Crippen MR) is 74.5 cm³/mol. The molecule has 1 aromatic heterocycles. The van der Waals surface area contributed by atoms with E-state index in [9.17, 15) is 4.79 Å². The molecule has 2 rings (SSSR count). The van der Waals surface area contributed by atoms with Crippen molar-refractivity contribution >= 4 is 29.8 Å². The van der Waals surface area contributed by atoms with Crippen molar-refractivity contribution in [3.63, 3.8) is 0 Å². The summed E-state index contributed by atoms with van der Waals surface area (Å²) in [6.45, 7) is 4.83. The highest BCUT2D eigenvalue weighted by atomic mass is 35.5. The number of hydrogen-bond donors (Lipinski definition) is 2. The van der Waals surface area contributed by atoms with Crippen molar-refractivity contribution in [3.8, 4) is 0 Å². The van der Waals surface area contributed by atoms with Crippen molar-refractivity contribution in [2.75, 3.05) is 19.6 Å². The molecule has 1 aliphatic heterocycles. The third-order valence-electron chi connectivity index (χ3n) is 3.05. The molecule has 0 spiro atoms. The summed E-state index contributed by atoms with van der Waals surface area (Å²) in [5.41, 5.74) is 0.800. The van der Waals surface area contributed by atoms with Crippen molar-refractivity contribution in [1.29, 1.82) is 0 Å². The molecule has 7 heteroatoms. The van der Waals surface area contributed by atoms with Crippen molar-refractivity contribution < 1.29 is 4.79 Å². The van der Waals surface area contributed by atoms with E-state index in [2.05, 4.69) is 20.2 Å². The molecule has 1 saturated heterocycles. The molecule has 1 amide bonds. The van der Waals surface area contributed by atoms with Crippen LogP contribution in [0.3, 0.4) is 0 Å². The van der Waals surface area contributed by atoms with Crippen LogP contribution >= 0.6 is 23.9 Å². The van der Waals surface area contributed by atoms with Crippen LogP contribution < -0.4 is 10.6 Å². The van der Waals surface area contributed by atoms with Crippen LogP contribution in [0.25, 0.3) is 0 Å². The van der Waals surface area contributed by atoms with Gasteiger partial charge in [0.25, 0.3) is 5.91 Å². The Morgan fingerprint density at radius 3 is 3.11 bits per heavy atom. The largest absolute Gasteiger partial charge is 0.351 e. The van der Waals surface area contributed by atoms with Crippen LogP contribution in [-0.2, 0) is 6.42 Å². The van der Waals surface area contributed by atoms with Crippen LogP contribution in [0.5, 0.6) is 0 Å². The number of rotatable bonds is 4. The summed E-state index contributed by atoms with van der Waals surface area (Å²) in [5.74, 6) is 0.529. The Kier molecular flexibility index (Phi) is 6.52. The highest BCUT2D eigenvalue weighted by molar-refractivity contribution is 7.08. The molecule has 0 radical (unpaired) electrons. The second kappa shape index (κ2) is 7.66. The van der Waals surface area contributed by atoms with Gasteiger partial charge >= 0.3 is 0 Å². The molecule has 18 heavy (non-hydrogen) atoms. The number of carbonyl (C=O) groups is 1. The highest BCUT2D eigenvalue weighted by Crippen LogP contribution is 2.12. The number of aromatic nitrogens is 2. The van der Waals surface area contributed by atoms with E-state index in [0.717, 1.165) is 31.7 Å². The molecule has 0 bridgehead atoms. The number of piperidine rings is 1. The minimum absolute atomic E-state index is 0. The highest BCUT2D eigenvalue weighted by Gasteiger charge is 2.17. The molecule has 5 nitrogen and oxygen atoms in total. The Hall–Kier alpha value is -0.720. The monoisotopic (exact) mass is 290 g/mol. The second-order valence-electron chi connectivity index (χ2n) is 4.32. The van der Waals surface area contributed by atoms with E-state index in [1.807, 2.05) is 6.92 Å². The van der Waals surface area contributed by atoms with Gasteiger partial charge in [0.05, 0.1) is 5.69 Å². The van der Waals surface area contributed by atoms with Gasteiger partial charge in [-0.05, 0) is 49.8 Å². The lowest BCUT2D eigenvalue weighted by atomic mass is 10.00. The summed E-state index contributed by atoms with van der Waals surface area (Å²) in [5, 5.41) is 10.3. The first-order chi connectivity index (χ1) is 8.31. The third-order valence-corrected chi connectivity index (χ3v) is 3.81. The van der Waals surface area contributed by atoms with E-state index in [1.54, 1.807) is 0 Å². The zero-order chi connectivity index (χ0) is 12.1. The third kappa shape index (κ3) is 3.90. The van der Waals surface area contributed by atoms with E-state index in [-0.39, 0.29) is 18.3 Å². The van der Waals surface area contributed by atoms with Gasteiger partial charge in [-0.1, -0.05) is 11.4 Å². The van der Waals surface area contributed by atoms with Crippen molar-refractivity contribution in [1.82, 2.24) is 20.2 Å². The van der Waals surface area contributed by atoms with E-state index in [4.69, 9.17) is 0 Å². The standard InChI is InChI=1S/C11H18N4OS.ClH/c1-2-9-10(17-15-14-9)11(16)13-7-8-4-3-5-12-6-8;/h8,12H,2-7H2,1H3,(H,13,16);1H. The fourth-order valence-electron chi connectivity index (χ4n) is 2.03. The van der Waals surface area contributed by atoms with E-state index in [1.165, 1.54) is 24.4 Å². The van der Waals surface area contributed by atoms with E-state index >= 15 is 0 Å². The van der Waals surface area contributed by atoms with Gasteiger partial charge in [0, 0.05) is 6.54 Å². The number of amides is 1. The molecule has 1 unspecified atom stereocenters. The van der Waals surface area contributed by atoms with Crippen molar-refractivity contribution in [2.45, 2.75) is 26.2 Å². The topological polar surface area (TPSA) is 66.9 Å². The fourth-order valence-corrected chi connectivity index (χ4v) is 2.69. The summed E-state index contributed by atoms with van der Waals surface area (Å²) < 4.78 is 3.83. The van der Waals surface area contributed by atoms with Crippen LogP contribution in [0.15, 0.2) is 0 Å². The van der Waals surface area contributed by atoms with Gasteiger partial charge in [-0.3, -0.25) is 4.79 Å². The van der Waals surface area contributed by atoms with Gasteiger partial charge in [-0.2, -0.15) is 0 Å². The van der Waals surface area contributed by atoms with Crippen LogP contribution in [0.1, 0.15) is 35.1 Å². The number of carbonyl (C=O) groups excluding carboxylic acids is 1. The average molecular weight is 291 g/mol. The number of nitrogens with zero attached hydrogens (tertiary/aromatic N) is 2. The SMILES string of the molecule is CCc1nnsc1C(=O)NCC1CCCNC1.Cl. The summed E-state index contributed by atoms with van der Waals surface area (Å²) in [6.07, 6.45) is 3.14. The minimum Gasteiger partial charge on any atom is -0.351 e. The molecular formula is C11H19ClN4OS. The molecule has 0 saturated carbocycles. The molecule has 2 heterocycles. The van der Waals surface area contributed by atoms with Gasteiger partial charge in [0.2, 0.25) is 0 Å². The first-order valence-corrected chi connectivity index (χ1v) is 6.88. The Morgan fingerprint density at radius 1 is 1.61 bits per heavy atom. The zero-order valence-electron chi connectivity index (χ0n) is 10.4. The van der Waals surface area contributed by atoms with Crippen molar-refractivity contribution in [3.05, 3.63) is 10.6 Å². The number of halogens is 1. The molecule has 1 fully saturated rings. The lowest BCUT2D eigenvalue weighted by molar-refractivity contribution is 0.0948. The first-order valence-electron chi connectivity index (χ1n) is 6.11.